The second-order valence-corrected chi connectivity index (χ2v) is 7.12. The molecular formula is C16H21BrClN3O2. The van der Waals surface area contributed by atoms with E-state index in [2.05, 4.69) is 20.8 Å². The first-order valence-electron chi connectivity index (χ1n) is 7.53. The van der Waals surface area contributed by atoms with Crippen molar-refractivity contribution in [1.82, 2.24) is 9.80 Å². The van der Waals surface area contributed by atoms with Crippen LogP contribution in [0.1, 0.15) is 12.0 Å². The maximum atomic E-state index is 11.2. The van der Waals surface area contributed by atoms with Crippen molar-refractivity contribution in [1.29, 1.82) is 0 Å². The van der Waals surface area contributed by atoms with Gasteiger partial charge >= 0.3 is 0 Å². The van der Waals surface area contributed by atoms with Gasteiger partial charge in [0, 0.05) is 43.4 Å². The van der Waals surface area contributed by atoms with E-state index in [9.17, 15) is 9.59 Å². The van der Waals surface area contributed by atoms with Crippen molar-refractivity contribution in [3.05, 3.63) is 27.2 Å². The number of nitrogens with zero attached hydrogens (tertiary/aromatic N) is 3. The van der Waals surface area contributed by atoms with Gasteiger partial charge in [-0.1, -0.05) is 11.6 Å². The fraction of sp³-hybridized carbons (Fsp3) is 0.500. The molecule has 7 heteroatoms. The van der Waals surface area contributed by atoms with Gasteiger partial charge in [-0.15, -0.1) is 0 Å². The molecule has 1 aliphatic rings. The molecule has 0 saturated carbocycles. The minimum Gasteiger partial charge on any atom is -0.374 e. The first-order valence-corrected chi connectivity index (χ1v) is 8.70. The Morgan fingerprint density at radius 1 is 1.35 bits per heavy atom. The summed E-state index contributed by atoms with van der Waals surface area (Å²) in [6, 6.07) is 4.00. The zero-order valence-electron chi connectivity index (χ0n) is 13.3. The molecule has 2 amide bonds. The summed E-state index contributed by atoms with van der Waals surface area (Å²) >= 11 is 9.57. The van der Waals surface area contributed by atoms with Crippen LogP contribution in [0.25, 0.3) is 0 Å². The third kappa shape index (κ3) is 4.38. The maximum absolute atomic E-state index is 11.2. The molecule has 126 valence electrons. The first-order chi connectivity index (χ1) is 11.0. The third-order valence-electron chi connectivity index (χ3n) is 4.29. The smallest absolute Gasteiger partial charge is 0.210 e. The molecule has 1 unspecified atom stereocenters. The minimum atomic E-state index is 0.0601. The second-order valence-electron chi connectivity index (χ2n) is 5.86. The summed E-state index contributed by atoms with van der Waals surface area (Å²) in [6.45, 7) is 4.62. The average molecular weight is 403 g/mol. The summed E-state index contributed by atoms with van der Waals surface area (Å²) in [5, 5.41) is 0.695. The van der Waals surface area contributed by atoms with Gasteiger partial charge in [0.15, 0.2) is 0 Å². The number of carbonyl (C=O) groups is 2. The highest BCUT2D eigenvalue weighted by Gasteiger charge is 2.25. The molecule has 1 heterocycles. The van der Waals surface area contributed by atoms with Crippen LogP contribution in [0.4, 0.5) is 5.69 Å². The molecule has 2 rings (SSSR count). The molecule has 0 N–H and O–H groups in total. The van der Waals surface area contributed by atoms with Gasteiger partial charge in [0.05, 0.1) is 11.1 Å². The van der Waals surface area contributed by atoms with E-state index >= 15 is 0 Å². The van der Waals surface area contributed by atoms with Gasteiger partial charge in [-0.2, -0.15) is 0 Å². The Hall–Kier alpha value is -1.27. The number of benzene rings is 1. The van der Waals surface area contributed by atoms with Gasteiger partial charge < -0.3 is 14.7 Å². The molecule has 1 fully saturated rings. The highest BCUT2D eigenvalue weighted by atomic mass is 79.9. The molecule has 1 aromatic rings. The van der Waals surface area contributed by atoms with E-state index < -0.39 is 0 Å². The molecule has 0 spiro atoms. The molecule has 1 atom stereocenters. The fourth-order valence-corrected chi connectivity index (χ4v) is 3.44. The van der Waals surface area contributed by atoms with E-state index in [1.807, 2.05) is 26.1 Å². The number of amides is 2. The fourth-order valence-electron chi connectivity index (χ4n) is 2.90. The quantitative estimate of drug-likeness (QED) is 0.687. The second kappa shape index (κ2) is 8.02. The van der Waals surface area contributed by atoms with Crippen LogP contribution in [0.2, 0.25) is 5.02 Å². The SMILES string of the molecule is Cc1cc(Cl)c(Br)cc1N(C)CCC1CN(C=O)CCN1C=O. The monoisotopic (exact) mass is 401 g/mol. The van der Waals surface area contributed by atoms with Crippen LogP contribution in [0.3, 0.4) is 0 Å². The maximum Gasteiger partial charge on any atom is 0.210 e. The molecular weight excluding hydrogens is 382 g/mol. The summed E-state index contributed by atoms with van der Waals surface area (Å²) in [6.07, 6.45) is 2.55. The van der Waals surface area contributed by atoms with Crippen LogP contribution in [0.5, 0.6) is 0 Å². The molecule has 1 aliphatic heterocycles. The number of carbonyl (C=O) groups excluding carboxylic acids is 2. The van der Waals surface area contributed by atoms with E-state index in [0.717, 1.165) is 41.5 Å². The van der Waals surface area contributed by atoms with Crippen LogP contribution >= 0.6 is 27.5 Å². The summed E-state index contributed by atoms with van der Waals surface area (Å²) < 4.78 is 0.867. The number of halogens is 2. The van der Waals surface area contributed by atoms with Gasteiger partial charge in [-0.25, -0.2) is 0 Å². The van der Waals surface area contributed by atoms with Crippen LogP contribution in [-0.2, 0) is 9.59 Å². The van der Waals surface area contributed by atoms with Crippen molar-refractivity contribution in [3.8, 4) is 0 Å². The number of hydrogen-bond donors (Lipinski definition) is 0. The lowest BCUT2D eigenvalue weighted by Crippen LogP contribution is -2.52. The van der Waals surface area contributed by atoms with Crippen molar-refractivity contribution < 1.29 is 9.59 Å². The lowest BCUT2D eigenvalue weighted by atomic mass is 10.1. The summed E-state index contributed by atoms with van der Waals surface area (Å²) in [5.41, 5.74) is 2.20. The predicted molar refractivity (Wildman–Crippen MR) is 96.0 cm³/mol. The van der Waals surface area contributed by atoms with E-state index in [0.29, 0.717) is 24.7 Å². The van der Waals surface area contributed by atoms with Crippen LogP contribution < -0.4 is 4.90 Å². The van der Waals surface area contributed by atoms with Crippen molar-refractivity contribution in [2.45, 2.75) is 19.4 Å². The van der Waals surface area contributed by atoms with Gasteiger partial charge in [0.2, 0.25) is 12.8 Å². The zero-order valence-corrected chi connectivity index (χ0v) is 15.7. The Balaban J connectivity index is 2.02. The highest BCUT2D eigenvalue weighted by molar-refractivity contribution is 9.10. The van der Waals surface area contributed by atoms with Crippen molar-refractivity contribution in [3.63, 3.8) is 0 Å². The average Bonchev–Trinajstić information content (AvgIpc) is 2.55. The number of hydrogen-bond acceptors (Lipinski definition) is 3. The number of rotatable bonds is 6. The first kappa shape index (κ1) is 18.1. The number of aryl methyl sites for hydroxylation is 1. The van der Waals surface area contributed by atoms with Gasteiger partial charge in [-0.3, -0.25) is 9.59 Å². The Morgan fingerprint density at radius 2 is 2.09 bits per heavy atom. The van der Waals surface area contributed by atoms with E-state index in [-0.39, 0.29) is 6.04 Å². The van der Waals surface area contributed by atoms with E-state index in [1.165, 1.54) is 0 Å². The topological polar surface area (TPSA) is 43.9 Å². The molecule has 0 aliphatic carbocycles. The standard InChI is InChI=1S/C16H21BrClN3O2/c1-12-7-15(18)14(17)8-16(12)19(2)4-3-13-9-20(10-22)5-6-21(13)11-23/h7-8,10-11,13H,3-6,9H2,1-2H3. The summed E-state index contributed by atoms with van der Waals surface area (Å²) in [4.78, 5) is 27.8. The molecule has 0 aromatic heterocycles. The lowest BCUT2D eigenvalue weighted by molar-refractivity contribution is -0.128. The largest absolute Gasteiger partial charge is 0.374 e. The van der Waals surface area contributed by atoms with Crippen LogP contribution in [0, 0.1) is 6.92 Å². The Morgan fingerprint density at radius 3 is 2.74 bits per heavy atom. The predicted octanol–water partition coefficient (Wildman–Crippen LogP) is 2.54. The van der Waals surface area contributed by atoms with Gasteiger partial charge in [0.25, 0.3) is 0 Å². The van der Waals surface area contributed by atoms with Crippen molar-refractivity contribution in [2.75, 3.05) is 38.1 Å². The summed E-state index contributed by atoms with van der Waals surface area (Å²) in [7, 11) is 2.02. The van der Waals surface area contributed by atoms with E-state index in [1.54, 1.807) is 9.80 Å². The Bertz CT molecular complexity index is 585. The van der Waals surface area contributed by atoms with Crippen molar-refractivity contribution >= 4 is 46.0 Å². The van der Waals surface area contributed by atoms with Crippen molar-refractivity contribution in [2.24, 2.45) is 0 Å². The Kier molecular flexibility index (Phi) is 6.30. The highest BCUT2D eigenvalue weighted by Crippen LogP contribution is 2.31. The molecule has 1 saturated heterocycles. The molecule has 0 bridgehead atoms. The van der Waals surface area contributed by atoms with Gasteiger partial charge in [-0.05, 0) is 47.0 Å². The van der Waals surface area contributed by atoms with E-state index in [4.69, 9.17) is 11.6 Å². The molecule has 5 nitrogen and oxygen atoms in total. The lowest BCUT2D eigenvalue weighted by Gasteiger charge is -2.38. The minimum absolute atomic E-state index is 0.0601. The molecule has 23 heavy (non-hydrogen) atoms. The molecule has 1 aromatic carbocycles. The van der Waals surface area contributed by atoms with Gasteiger partial charge in [0.1, 0.15) is 0 Å². The number of piperazine rings is 1. The van der Waals surface area contributed by atoms with Crippen LogP contribution in [-0.4, -0.2) is 61.9 Å². The summed E-state index contributed by atoms with van der Waals surface area (Å²) in [5.74, 6) is 0. The molecule has 0 radical (unpaired) electrons. The zero-order chi connectivity index (χ0) is 17.0. The van der Waals surface area contributed by atoms with Crippen LogP contribution in [0.15, 0.2) is 16.6 Å². The Labute approximate surface area is 150 Å². The normalized spacial score (nSPS) is 18.0. The third-order valence-corrected chi connectivity index (χ3v) is 5.49. The number of anilines is 1.